The van der Waals surface area contributed by atoms with Crippen molar-refractivity contribution in [1.82, 2.24) is 9.80 Å². The molecule has 0 bridgehead atoms. The van der Waals surface area contributed by atoms with E-state index in [-0.39, 0.29) is 5.75 Å². The highest BCUT2D eigenvalue weighted by atomic mass is 35.5. The Morgan fingerprint density at radius 3 is 2.83 bits per heavy atom. The molecule has 1 unspecified atom stereocenters. The van der Waals surface area contributed by atoms with Gasteiger partial charge in [0.05, 0.1) is 5.02 Å². The van der Waals surface area contributed by atoms with Gasteiger partial charge in [0.1, 0.15) is 5.75 Å². The third-order valence-corrected chi connectivity index (χ3v) is 4.36. The Labute approximate surface area is 114 Å². The number of halogens is 1. The molecule has 1 saturated heterocycles. The molecule has 4 heteroatoms. The first-order chi connectivity index (χ1) is 8.49. The Kier molecular flexibility index (Phi) is 4.15. The average molecular weight is 269 g/mol. The summed E-state index contributed by atoms with van der Waals surface area (Å²) in [4.78, 5) is 4.73. The molecule has 2 rings (SSSR count). The number of hydrogen-bond acceptors (Lipinski definition) is 3. The summed E-state index contributed by atoms with van der Waals surface area (Å²) in [5.74, 6) is 0.168. The Hall–Kier alpha value is -0.770. The van der Waals surface area contributed by atoms with E-state index < -0.39 is 0 Å². The summed E-state index contributed by atoms with van der Waals surface area (Å²) in [6, 6.07) is 4.26. The van der Waals surface area contributed by atoms with Gasteiger partial charge >= 0.3 is 0 Å². The molecule has 0 aromatic heterocycles. The number of aromatic hydroxyl groups is 1. The van der Waals surface area contributed by atoms with Crippen molar-refractivity contribution in [3.63, 3.8) is 0 Å². The van der Waals surface area contributed by atoms with Crippen LogP contribution in [0.25, 0.3) is 0 Å². The molecule has 1 atom stereocenters. The lowest BCUT2D eigenvalue weighted by Crippen LogP contribution is -2.33. The summed E-state index contributed by atoms with van der Waals surface area (Å²) in [7, 11) is 4.32. The van der Waals surface area contributed by atoms with Gasteiger partial charge in [-0.2, -0.15) is 0 Å². The summed E-state index contributed by atoms with van der Waals surface area (Å²) in [5, 5.41) is 10.0. The fourth-order valence-corrected chi connectivity index (χ4v) is 2.74. The number of likely N-dealkylation sites (N-methyl/N-ethyl adjacent to an activating group) is 2. The topological polar surface area (TPSA) is 26.7 Å². The van der Waals surface area contributed by atoms with Crippen molar-refractivity contribution in [2.45, 2.75) is 25.9 Å². The Morgan fingerprint density at radius 2 is 2.22 bits per heavy atom. The fourth-order valence-electron chi connectivity index (χ4n) is 2.55. The van der Waals surface area contributed by atoms with Crippen LogP contribution in [0, 0.1) is 6.92 Å². The van der Waals surface area contributed by atoms with Crippen LogP contribution in [0.3, 0.4) is 0 Å². The van der Waals surface area contributed by atoms with Gasteiger partial charge in [0.25, 0.3) is 0 Å². The zero-order valence-corrected chi connectivity index (χ0v) is 12.0. The van der Waals surface area contributed by atoms with E-state index in [0.717, 1.165) is 18.7 Å². The largest absolute Gasteiger partial charge is 0.506 e. The zero-order chi connectivity index (χ0) is 13.3. The number of hydrogen-bond donors (Lipinski definition) is 1. The molecule has 1 N–H and O–H groups in total. The van der Waals surface area contributed by atoms with Crippen molar-refractivity contribution in [2.75, 3.05) is 27.2 Å². The third-order valence-electron chi connectivity index (χ3n) is 3.89. The quantitative estimate of drug-likeness (QED) is 0.913. The van der Waals surface area contributed by atoms with Crippen LogP contribution in [0.4, 0.5) is 0 Å². The predicted molar refractivity (Wildman–Crippen MR) is 75.2 cm³/mol. The fraction of sp³-hybridized carbons (Fsp3) is 0.571. The van der Waals surface area contributed by atoms with E-state index in [2.05, 4.69) is 23.9 Å². The molecule has 18 heavy (non-hydrogen) atoms. The Bertz CT molecular complexity index is 436. The molecular formula is C14H21ClN2O. The first kappa shape index (κ1) is 13.7. The van der Waals surface area contributed by atoms with E-state index in [1.807, 2.05) is 13.0 Å². The van der Waals surface area contributed by atoms with Crippen LogP contribution in [0.5, 0.6) is 5.75 Å². The molecule has 1 aliphatic heterocycles. The Balaban J connectivity index is 2.07. The van der Waals surface area contributed by atoms with E-state index in [1.165, 1.54) is 18.5 Å². The maximum atomic E-state index is 9.55. The maximum Gasteiger partial charge on any atom is 0.134 e. The minimum Gasteiger partial charge on any atom is -0.506 e. The van der Waals surface area contributed by atoms with Gasteiger partial charge in [0, 0.05) is 19.1 Å². The van der Waals surface area contributed by atoms with Crippen LogP contribution in [-0.2, 0) is 6.54 Å². The molecule has 0 spiro atoms. The standard InChI is InChI=1S/C14H21ClN2O/c1-10-11(4-5-13(18)14(10)15)8-17(3)12-6-7-16(2)9-12/h4-5,12,18H,6-9H2,1-3H3. The van der Waals surface area contributed by atoms with Gasteiger partial charge < -0.3 is 10.0 Å². The summed E-state index contributed by atoms with van der Waals surface area (Å²) in [6.45, 7) is 5.14. The van der Waals surface area contributed by atoms with Crippen LogP contribution in [0.2, 0.25) is 5.02 Å². The molecule has 1 heterocycles. The van der Waals surface area contributed by atoms with Crippen molar-refractivity contribution in [3.05, 3.63) is 28.3 Å². The van der Waals surface area contributed by atoms with Crippen LogP contribution >= 0.6 is 11.6 Å². The molecule has 0 saturated carbocycles. The summed E-state index contributed by atoms with van der Waals surface area (Å²) in [6.07, 6.45) is 1.22. The molecule has 0 aliphatic carbocycles. The highest BCUT2D eigenvalue weighted by Gasteiger charge is 2.23. The van der Waals surface area contributed by atoms with Gasteiger partial charge in [-0.05, 0) is 51.2 Å². The summed E-state index contributed by atoms with van der Waals surface area (Å²) >= 11 is 6.07. The van der Waals surface area contributed by atoms with Gasteiger partial charge in [-0.1, -0.05) is 17.7 Å². The normalized spacial score (nSPS) is 20.8. The van der Waals surface area contributed by atoms with Gasteiger partial charge in [0.15, 0.2) is 0 Å². The highest BCUT2D eigenvalue weighted by molar-refractivity contribution is 6.32. The molecule has 1 aromatic rings. The van der Waals surface area contributed by atoms with Crippen LogP contribution in [-0.4, -0.2) is 48.1 Å². The van der Waals surface area contributed by atoms with Crippen LogP contribution < -0.4 is 0 Å². The van der Waals surface area contributed by atoms with Gasteiger partial charge in [0.2, 0.25) is 0 Å². The van der Waals surface area contributed by atoms with Crippen molar-refractivity contribution in [1.29, 1.82) is 0 Å². The van der Waals surface area contributed by atoms with Crippen molar-refractivity contribution in [3.8, 4) is 5.75 Å². The number of rotatable bonds is 3. The predicted octanol–water partition coefficient (Wildman–Crippen LogP) is 2.49. The zero-order valence-electron chi connectivity index (χ0n) is 11.3. The van der Waals surface area contributed by atoms with Gasteiger partial charge in [-0.25, -0.2) is 0 Å². The first-order valence-electron chi connectivity index (χ1n) is 6.34. The molecular weight excluding hydrogens is 248 g/mol. The SMILES string of the molecule is Cc1c(CN(C)C2CCN(C)C2)ccc(O)c1Cl. The second kappa shape index (κ2) is 5.47. The van der Waals surface area contributed by atoms with E-state index in [0.29, 0.717) is 11.1 Å². The van der Waals surface area contributed by atoms with Crippen molar-refractivity contribution < 1.29 is 5.11 Å². The van der Waals surface area contributed by atoms with Crippen LogP contribution in [0.1, 0.15) is 17.5 Å². The van der Waals surface area contributed by atoms with E-state index in [9.17, 15) is 5.11 Å². The minimum absolute atomic E-state index is 0.168. The van der Waals surface area contributed by atoms with E-state index in [4.69, 9.17) is 11.6 Å². The first-order valence-corrected chi connectivity index (χ1v) is 6.72. The summed E-state index contributed by atoms with van der Waals surface area (Å²) < 4.78 is 0. The van der Waals surface area contributed by atoms with Crippen molar-refractivity contribution >= 4 is 11.6 Å². The molecule has 1 aliphatic rings. The maximum absolute atomic E-state index is 9.55. The molecule has 0 radical (unpaired) electrons. The molecule has 100 valence electrons. The number of phenolic OH excluding ortho intramolecular Hbond substituents is 1. The third kappa shape index (κ3) is 2.79. The monoisotopic (exact) mass is 268 g/mol. The van der Waals surface area contributed by atoms with E-state index >= 15 is 0 Å². The number of likely N-dealkylation sites (tertiary alicyclic amines) is 1. The average Bonchev–Trinajstić information content (AvgIpc) is 2.77. The Morgan fingerprint density at radius 1 is 1.50 bits per heavy atom. The number of phenols is 1. The lowest BCUT2D eigenvalue weighted by molar-refractivity contribution is 0.233. The molecule has 0 amide bonds. The molecule has 1 aromatic carbocycles. The lowest BCUT2D eigenvalue weighted by Gasteiger charge is -2.25. The molecule has 1 fully saturated rings. The van der Waals surface area contributed by atoms with Crippen LogP contribution in [0.15, 0.2) is 12.1 Å². The minimum atomic E-state index is 0.168. The molecule has 3 nitrogen and oxygen atoms in total. The lowest BCUT2D eigenvalue weighted by atomic mass is 10.1. The van der Waals surface area contributed by atoms with E-state index in [1.54, 1.807) is 6.07 Å². The van der Waals surface area contributed by atoms with Gasteiger partial charge in [-0.3, -0.25) is 4.90 Å². The van der Waals surface area contributed by atoms with Gasteiger partial charge in [-0.15, -0.1) is 0 Å². The summed E-state index contributed by atoms with van der Waals surface area (Å²) in [5.41, 5.74) is 2.17. The second-order valence-corrected chi connectivity index (χ2v) is 5.68. The second-order valence-electron chi connectivity index (χ2n) is 5.30. The smallest absolute Gasteiger partial charge is 0.134 e. The number of nitrogens with zero attached hydrogens (tertiary/aromatic N) is 2. The van der Waals surface area contributed by atoms with Crippen molar-refractivity contribution in [2.24, 2.45) is 0 Å². The highest BCUT2D eigenvalue weighted by Crippen LogP contribution is 2.30. The number of benzene rings is 1.